The van der Waals surface area contributed by atoms with E-state index in [1.807, 2.05) is 18.2 Å². The van der Waals surface area contributed by atoms with Crippen molar-refractivity contribution in [1.82, 2.24) is 0 Å². The zero-order valence-electron chi connectivity index (χ0n) is 8.80. The summed E-state index contributed by atoms with van der Waals surface area (Å²) in [6, 6.07) is 6.60. The standard InChI is InChI=1S/C12H12ClNO2/c1-9(12(15)16)14-8-2-3-10-4-6-11(13)7-5-10/h2-9H,1H3,(H,15,16)/b3-2+,14-8?. The number of hydrogen-bond donors (Lipinski definition) is 1. The first-order valence-electron chi connectivity index (χ1n) is 4.78. The molecule has 0 aliphatic carbocycles. The minimum atomic E-state index is -0.934. The highest BCUT2D eigenvalue weighted by Gasteiger charge is 2.05. The van der Waals surface area contributed by atoms with E-state index in [0.29, 0.717) is 5.02 Å². The van der Waals surface area contributed by atoms with Gasteiger partial charge >= 0.3 is 5.97 Å². The summed E-state index contributed by atoms with van der Waals surface area (Å²) < 4.78 is 0. The molecule has 0 aromatic heterocycles. The normalized spacial score (nSPS) is 13.4. The molecule has 0 saturated carbocycles. The molecule has 0 heterocycles. The van der Waals surface area contributed by atoms with Crippen molar-refractivity contribution < 1.29 is 9.90 Å². The van der Waals surface area contributed by atoms with Crippen LogP contribution in [0.25, 0.3) is 6.08 Å². The number of carbonyl (C=O) groups is 1. The first kappa shape index (κ1) is 12.5. The number of nitrogens with zero attached hydrogens (tertiary/aromatic N) is 1. The second kappa shape index (κ2) is 6.08. The second-order valence-corrected chi connectivity index (χ2v) is 3.66. The molecule has 84 valence electrons. The zero-order chi connectivity index (χ0) is 12.0. The molecule has 0 saturated heterocycles. The maximum atomic E-state index is 10.4. The van der Waals surface area contributed by atoms with Crippen molar-refractivity contribution in [1.29, 1.82) is 0 Å². The molecule has 0 spiro atoms. The van der Waals surface area contributed by atoms with E-state index >= 15 is 0 Å². The second-order valence-electron chi connectivity index (χ2n) is 3.22. The smallest absolute Gasteiger partial charge is 0.328 e. The lowest BCUT2D eigenvalue weighted by molar-refractivity contribution is -0.137. The monoisotopic (exact) mass is 237 g/mol. The van der Waals surface area contributed by atoms with Gasteiger partial charge in [0.1, 0.15) is 6.04 Å². The molecule has 0 amide bonds. The molecule has 0 aliphatic rings. The maximum Gasteiger partial charge on any atom is 0.328 e. The molecular weight excluding hydrogens is 226 g/mol. The first-order valence-corrected chi connectivity index (χ1v) is 5.15. The Hall–Kier alpha value is -1.61. The van der Waals surface area contributed by atoms with Crippen molar-refractivity contribution in [3.05, 3.63) is 40.9 Å². The number of aliphatic imine (C=N–C) groups is 1. The van der Waals surface area contributed by atoms with Crippen LogP contribution >= 0.6 is 11.6 Å². The summed E-state index contributed by atoms with van der Waals surface area (Å²) in [5.41, 5.74) is 0.985. The Labute approximate surface area is 99.1 Å². The van der Waals surface area contributed by atoms with Crippen LogP contribution in [0.5, 0.6) is 0 Å². The molecule has 1 atom stereocenters. The van der Waals surface area contributed by atoms with E-state index in [1.54, 1.807) is 18.2 Å². The summed E-state index contributed by atoms with van der Waals surface area (Å²) in [4.78, 5) is 14.3. The van der Waals surface area contributed by atoms with Gasteiger partial charge in [-0.3, -0.25) is 4.99 Å². The Kier molecular flexibility index (Phi) is 4.73. The van der Waals surface area contributed by atoms with Crippen LogP contribution in [-0.4, -0.2) is 23.3 Å². The SMILES string of the molecule is CC(N=C/C=C/c1ccc(Cl)cc1)C(=O)O. The fourth-order valence-electron chi connectivity index (χ4n) is 0.971. The van der Waals surface area contributed by atoms with Gasteiger partial charge in [0, 0.05) is 11.2 Å². The summed E-state index contributed by atoms with van der Waals surface area (Å²) in [6.45, 7) is 1.52. The number of carboxylic acids is 1. The van der Waals surface area contributed by atoms with Gasteiger partial charge < -0.3 is 5.11 Å². The molecule has 1 aromatic rings. The highest BCUT2D eigenvalue weighted by atomic mass is 35.5. The molecule has 4 heteroatoms. The zero-order valence-corrected chi connectivity index (χ0v) is 9.56. The van der Waals surface area contributed by atoms with Gasteiger partial charge in [0.25, 0.3) is 0 Å². The summed E-state index contributed by atoms with van der Waals surface area (Å²) >= 11 is 5.73. The van der Waals surface area contributed by atoms with E-state index in [-0.39, 0.29) is 0 Å². The van der Waals surface area contributed by atoms with Crippen molar-refractivity contribution in [2.75, 3.05) is 0 Å². The molecular formula is C12H12ClNO2. The van der Waals surface area contributed by atoms with Crippen LogP contribution in [0.15, 0.2) is 35.3 Å². The lowest BCUT2D eigenvalue weighted by atomic mass is 10.2. The highest BCUT2D eigenvalue weighted by molar-refractivity contribution is 6.30. The largest absolute Gasteiger partial charge is 0.480 e. The van der Waals surface area contributed by atoms with Crippen LogP contribution in [0, 0.1) is 0 Å². The Balaban J connectivity index is 2.55. The van der Waals surface area contributed by atoms with E-state index in [0.717, 1.165) is 5.56 Å². The third-order valence-corrected chi connectivity index (χ3v) is 2.16. The summed E-state index contributed by atoms with van der Waals surface area (Å²) in [7, 11) is 0. The van der Waals surface area contributed by atoms with Gasteiger partial charge in [0.2, 0.25) is 0 Å². The quantitative estimate of drug-likeness (QED) is 0.819. The third-order valence-electron chi connectivity index (χ3n) is 1.91. The van der Waals surface area contributed by atoms with Gasteiger partial charge in [-0.25, -0.2) is 4.79 Å². The topological polar surface area (TPSA) is 49.7 Å². The molecule has 16 heavy (non-hydrogen) atoms. The number of carboxylic acid groups (broad SMARTS) is 1. The van der Waals surface area contributed by atoms with Crippen molar-refractivity contribution >= 4 is 29.9 Å². The van der Waals surface area contributed by atoms with Gasteiger partial charge in [0.05, 0.1) is 0 Å². The van der Waals surface area contributed by atoms with Gasteiger partial charge in [-0.1, -0.05) is 29.8 Å². The van der Waals surface area contributed by atoms with Crippen LogP contribution in [0.3, 0.4) is 0 Å². The van der Waals surface area contributed by atoms with E-state index in [9.17, 15) is 4.79 Å². The lowest BCUT2D eigenvalue weighted by Gasteiger charge is -1.95. The Morgan fingerprint density at radius 1 is 1.44 bits per heavy atom. The van der Waals surface area contributed by atoms with Crippen LogP contribution in [0.1, 0.15) is 12.5 Å². The van der Waals surface area contributed by atoms with Gasteiger partial charge in [-0.15, -0.1) is 0 Å². The molecule has 0 radical (unpaired) electrons. The average molecular weight is 238 g/mol. The molecule has 3 nitrogen and oxygen atoms in total. The van der Waals surface area contributed by atoms with Crippen molar-refractivity contribution in [2.24, 2.45) is 4.99 Å². The minimum absolute atomic E-state index is 0.685. The van der Waals surface area contributed by atoms with E-state index in [4.69, 9.17) is 16.7 Å². The fraction of sp³-hybridized carbons (Fsp3) is 0.167. The number of hydrogen-bond acceptors (Lipinski definition) is 2. The maximum absolute atomic E-state index is 10.4. The Bertz CT molecular complexity index is 410. The lowest BCUT2D eigenvalue weighted by Crippen LogP contribution is -2.12. The number of rotatable bonds is 4. The van der Waals surface area contributed by atoms with Crippen LogP contribution in [0.2, 0.25) is 5.02 Å². The number of halogens is 1. The summed E-state index contributed by atoms with van der Waals surface area (Å²) in [5.74, 6) is -0.934. The van der Waals surface area contributed by atoms with Crippen molar-refractivity contribution in [3.63, 3.8) is 0 Å². The Morgan fingerprint density at radius 3 is 2.62 bits per heavy atom. The minimum Gasteiger partial charge on any atom is -0.480 e. The first-order chi connectivity index (χ1) is 7.59. The highest BCUT2D eigenvalue weighted by Crippen LogP contribution is 2.10. The summed E-state index contributed by atoms with van der Waals surface area (Å²) in [5, 5.41) is 9.26. The van der Waals surface area contributed by atoms with Crippen LogP contribution in [0.4, 0.5) is 0 Å². The number of allylic oxidation sites excluding steroid dienone is 1. The average Bonchev–Trinajstić information content (AvgIpc) is 2.26. The summed E-state index contributed by atoms with van der Waals surface area (Å²) in [6.07, 6.45) is 5.00. The predicted octanol–water partition coefficient (Wildman–Crippen LogP) is 2.90. The van der Waals surface area contributed by atoms with Crippen molar-refractivity contribution in [2.45, 2.75) is 13.0 Å². The van der Waals surface area contributed by atoms with E-state index in [2.05, 4.69) is 4.99 Å². The molecule has 0 fully saturated rings. The predicted molar refractivity (Wildman–Crippen MR) is 66.1 cm³/mol. The molecule has 0 aliphatic heterocycles. The molecule has 1 N–H and O–H groups in total. The van der Waals surface area contributed by atoms with E-state index < -0.39 is 12.0 Å². The van der Waals surface area contributed by atoms with Gasteiger partial charge in [-0.2, -0.15) is 0 Å². The number of benzene rings is 1. The van der Waals surface area contributed by atoms with Gasteiger partial charge in [-0.05, 0) is 30.7 Å². The van der Waals surface area contributed by atoms with Crippen LogP contribution in [-0.2, 0) is 4.79 Å². The number of aliphatic carboxylic acids is 1. The van der Waals surface area contributed by atoms with Gasteiger partial charge in [0.15, 0.2) is 0 Å². The third kappa shape index (κ3) is 4.28. The molecule has 0 bridgehead atoms. The molecule has 1 unspecified atom stereocenters. The Morgan fingerprint density at radius 2 is 2.06 bits per heavy atom. The fourth-order valence-corrected chi connectivity index (χ4v) is 1.10. The van der Waals surface area contributed by atoms with E-state index in [1.165, 1.54) is 13.1 Å². The molecule has 1 aromatic carbocycles. The van der Waals surface area contributed by atoms with Crippen molar-refractivity contribution in [3.8, 4) is 0 Å². The van der Waals surface area contributed by atoms with Crippen LogP contribution < -0.4 is 0 Å². The molecule has 1 rings (SSSR count).